The zero-order chi connectivity index (χ0) is 18.6. The zero-order valence-electron chi connectivity index (χ0n) is 15.3. The first kappa shape index (κ1) is 18.7. The van der Waals surface area contributed by atoms with Crippen LogP contribution in [0.3, 0.4) is 0 Å². The standard InChI is InChI=1S/C18H24N4O3S/c1-18(2,3)24-17(23)22-10-6-14(7-11-22)26-12-15-20-16(21-25-15)13-4-8-19-9-5-13/h4-5,8-9,14H,6-7,10-12H2,1-3H3. The van der Waals surface area contributed by atoms with E-state index in [1.807, 2.05) is 32.9 Å². The molecule has 2 aromatic rings. The van der Waals surface area contributed by atoms with Crippen LogP contribution in [0.2, 0.25) is 0 Å². The van der Waals surface area contributed by atoms with Gasteiger partial charge in [-0.3, -0.25) is 4.98 Å². The fourth-order valence-electron chi connectivity index (χ4n) is 2.65. The molecule has 140 valence electrons. The Morgan fingerprint density at radius 2 is 2.00 bits per heavy atom. The van der Waals surface area contributed by atoms with Crippen molar-refractivity contribution in [2.24, 2.45) is 0 Å². The van der Waals surface area contributed by atoms with Crippen molar-refractivity contribution in [2.75, 3.05) is 13.1 Å². The summed E-state index contributed by atoms with van der Waals surface area (Å²) in [5, 5.41) is 4.50. The lowest BCUT2D eigenvalue weighted by atomic mass is 10.1. The monoisotopic (exact) mass is 376 g/mol. The van der Waals surface area contributed by atoms with E-state index in [9.17, 15) is 4.79 Å². The maximum absolute atomic E-state index is 12.1. The quantitative estimate of drug-likeness (QED) is 0.803. The summed E-state index contributed by atoms with van der Waals surface area (Å²) in [6, 6.07) is 3.71. The topological polar surface area (TPSA) is 81.4 Å². The summed E-state index contributed by atoms with van der Waals surface area (Å²) in [5.41, 5.74) is 0.443. The number of hydrogen-bond acceptors (Lipinski definition) is 7. The number of pyridine rings is 1. The fraction of sp³-hybridized carbons (Fsp3) is 0.556. The summed E-state index contributed by atoms with van der Waals surface area (Å²) in [4.78, 5) is 22.3. The molecule has 0 unspecified atom stereocenters. The van der Waals surface area contributed by atoms with Crippen LogP contribution < -0.4 is 0 Å². The predicted octanol–water partition coefficient (Wildman–Crippen LogP) is 3.76. The van der Waals surface area contributed by atoms with Crippen molar-refractivity contribution < 1.29 is 14.1 Å². The molecule has 1 aliphatic heterocycles. The molecule has 8 heteroatoms. The lowest BCUT2D eigenvalue weighted by Gasteiger charge is -2.33. The van der Waals surface area contributed by atoms with Crippen molar-refractivity contribution in [3.63, 3.8) is 0 Å². The molecule has 1 fully saturated rings. The van der Waals surface area contributed by atoms with Gasteiger partial charge >= 0.3 is 6.09 Å². The average molecular weight is 376 g/mol. The van der Waals surface area contributed by atoms with E-state index in [1.165, 1.54) is 0 Å². The molecular formula is C18H24N4O3S. The minimum atomic E-state index is -0.451. The SMILES string of the molecule is CC(C)(C)OC(=O)N1CCC(SCc2nc(-c3ccncc3)no2)CC1. The molecule has 1 saturated heterocycles. The average Bonchev–Trinajstić information content (AvgIpc) is 3.09. The van der Waals surface area contributed by atoms with Crippen LogP contribution in [0.1, 0.15) is 39.5 Å². The van der Waals surface area contributed by atoms with Gasteiger partial charge in [-0.15, -0.1) is 11.8 Å². The second-order valence-corrected chi connectivity index (χ2v) is 8.51. The molecule has 1 amide bonds. The number of thioether (sulfide) groups is 1. The summed E-state index contributed by atoms with van der Waals surface area (Å²) in [6.07, 6.45) is 5.07. The second-order valence-electron chi connectivity index (χ2n) is 7.23. The van der Waals surface area contributed by atoms with Gasteiger partial charge in [0.1, 0.15) is 5.60 Å². The smallest absolute Gasteiger partial charge is 0.410 e. The van der Waals surface area contributed by atoms with E-state index in [-0.39, 0.29) is 6.09 Å². The summed E-state index contributed by atoms with van der Waals surface area (Å²) in [7, 11) is 0. The fourth-order valence-corrected chi connectivity index (χ4v) is 3.69. The van der Waals surface area contributed by atoms with E-state index in [0.29, 0.717) is 22.7 Å². The molecule has 2 aromatic heterocycles. The number of rotatable bonds is 4. The first-order valence-corrected chi connectivity index (χ1v) is 9.78. The third-order valence-electron chi connectivity index (χ3n) is 3.94. The first-order chi connectivity index (χ1) is 12.4. The Labute approximate surface area is 157 Å². The molecule has 7 nitrogen and oxygen atoms in total. The Kier molecular flexibility index (Phi) is 5.80. The van der Waals surface area contributed by atoms with Crippen molar-refractivity contribution in [3.05, 3.63) is 30.4 Å². The molecule has 3 rings (SSSR count). The molecule has 0 aliphatic carbocycles. The molecule has 0 aromatic carbocycles. The molecule has 1 aliphatic rings. The molecular weight excluding hydrogens is 352 g/mol. The lowest BCUT2D eigenvalue weighted by Crippen LogP contribution is -2.42. The maximum atomic E-state index is 12.1. The predicted molar refractivity (Wildman–Crippen MR) is 99.7 cm³/mol. The van der Waals surface area contributed by atoms with E-state index in [1.54, 1.807) is 29.1 Å². The van der Waals surface area contributed by atoms with Crippen LogP contribution in [0.25, 0.3) is 11.4 Å². The molecule has 3 heterocycles. The number of nitrogens with zero attached hydrogens (tertiary/aromatic N) is 4. The van der Waals surface area contributed by atoms with Crippen molar-refractivity contribution in [2.45, 2.75) is 50.2 Å². The minimum Gasteiger partial charge on any atom is -0.444 e. The van der Waals surface area contributed by atoms with Gasteiger partial charge in [0.15, 0.2) is 0 Å². The van der Waals surface area contributed by atoms with E-state index in [4.69, 9.17) is 9.26 Å². The van der Waals surface area contributed by atoms with Gasteiger partial charge in [-0.2, -0.15) is 4.98 Å². The number of hydrogen-bond donors (Lipinski definition) is 0. The van der Waals surface area contributed by atoms with Crippen LogP contribution in [0.5, 0.6) is 0 Å². The van der Waals surface area contributed by atoms with Crippen LogP contribution in [-0.2, 0) is 10.5 Å². The number of piperidine rings is 1. The highest BCUT2D eigenvalue weighted by atomic mass is 32.2. The van der Waals surface area contributed by atoms with E-state index in [0.717, 1.165) is 31.5 Å². The third-order valence-corrected chi connectivity index (χ3v) is 5.30. The summed E-state index contributed by atoms with van der Waals surface area (Å²) < 4.78 is 10.8. The van der Waals surface area contributed by atoms with Crippen molar-refractivity contribution in [1.29, 1.82) is 0 Å². The van der Waals surface area contributed by atoms with Crippen LogP contribution in [0.15, 0.2) is 29.0 Å². The number of carbonyl (C=O) groups excluding carboxylic acids is 1. The highest BCUT2D eigenvalue weighted by Crippen LogP contribution is 2.27. The van der Waals surface area contributed by atoms with Crippen LogP contribution in [0, 0.1) is 0 Å². The molecule has 0 radical (unpaired) electrons. The number of ether oxygens (including phenoxy) is 1. The van der Waals surface area contributed by atoms with E-state index < -0.39 is 5.60 Å². The number of amides is 1. The van der Waals surface area contributed by atoms with Gasteiger partial charge in [0.25, 0.3) is 0 Å². The highest BCUT2D eigenvalue weighted by molar-refractivity contribution is 7.99. The lowest BCUT2D eigenvalue weighted by molar-refractivity contribution is 0.0219. The van der Waals surface area contributed by atoms with Crippen LogP contribution in [0.4, 0.5) is 4.79 Å². The summed E-state index contributed by atoms with van der Waals surface area (Å²) in [5.74, 6) is 1.88. The van der Waals surface area contributed by atoms with Gasteiger partial charge < -0.3 is 14.2 Å². The van der Waals surface area contributed by atoms with Crippen molar-refractivity contribution >= 4 is 17.9 Å². The molecule has 0 N–H and O–H groups in total. The van der Waals surface area contributed by atoms with Gasteiger partial charge in [0, 0.05) is 36.3 Å². The van der Waals surface area contributed by atoms with Gasteiger partial charge in [-0.1, -0.05) is 5.16 Å². The third kappa shape index (κ3) is 5.20. The Morgan fingerprint density at radius 1 is 1.31 bits per heavy atom. The van der Waals surface area contributed by atoms with Gasteiger partial charge in [-0.25, -0.2) is 4.79 Å². The molecule has 0 atom stereocenters. The first-order valence-electron chi connectivity index (χ1n) is 8.73. The Bertz CT molecular complexity index is 722. The van der Waals surface area contributed by atoms with E-state index >= 15 is 0 Å². The molecule has 0 bridgehead atoms. The maximum Gasteiger partial charge on any atom is 0.410 e. The van der Waals surface area contributed by atoms with Crippen LogP contribution in [-0.4, -0.2) is 50.1 Å². The second kappa shape index (κ2) is 8.07. The number of likely N-dealkylation sites (tertiary alicyclic amines) is 1. The summed E-state index contributed by atoms with van der Waals surface area (Å²) >= 11 is 1.80. The highest BCUT2D eigenvalue weighted by Gasteiger charge is 2.27. The van der Waals surface area contributed by atoms with E-state index in [2.05, 4.69) is 15.1 Å². The number of carbonyl (C=O) groups is 1. The molecule has 26 heavy (non-hydrogen) atoms. The normalized spacial score (nSPS) is 15.9. The number of aromatic nitrogens is 3. The minimum absolute atomic E-state index is 0.222. The van der Waals surface area contributed by atoms with Crippen molar-refractivity contribution in [1.82, 2.24) is 20.0 Å². The largest absolute Gasteiger partial charge is 0.444 e. The molecule has 0 saturated carbocycles. The van der Waals surface area contributed by atoms with Gasteiger partial charge in [0.05, 0.1) is 5.75 Å². The van der Waals surface area contributed by atoms with Crippen LogP contribution >= 0.6 is 11.8 Å². The Hall–Kier alpha value is -2.09. The summed E-state index contributed by atoms with van der Waals surface area (Å²) in [6.45, 7) is 7.10. The van der Waals surface area contributed by atoms with Crippen molar-refractivity contribution in [3.8, 4) is 11.4 Å². The van der Waals surface area contributed by atoms with Gasteiger partial charge in [-0.05, 0) is 45.7 Å². The molecule has 0 spiro atoms. The van der Waals surface area contributed by atoms with Gasteiger partial charge in [0.2, 0.25) is 11.7 Å². The Morgan fingerprint density at radius 3 is 2.65 bits per heavy atom. The zero-order valence-corrected chi connectivity index (χ0v) is 16.2. The Balaban J connectivity index is 1.44.